The zero-order valence-corrected chi connectivity index (χ0v) is 9.00. The molecule has 0 spiro atoms. The highest BCUT2D eigenvalue weighted by atomic mass is 16.5. The molecule has 0 aromatic rings. The first-order valence-corrected chi connectivity index (χ1v) is 4.81. The predicted octanol–water partition coefficient (Wildman–Crippen LogP) is 1.57. The second-order valence-electron chi connectivity index (χ2n) is 4.77. The van der Waals surface area contributed by atoms with Gasteiger partial charge in [0.15, 0.2) is 0 Å². The van der Waals surface area contributed by atoms with Gasteiger partial charge < -0.3 is 10.5 Å². The molecule has 13 heavy (non-hydrogen) atoms. The monoisotopic (exact) mass is 184 g/mol. The quantitative estimate of drug-likeness (QED) is 0.534. The lowest BCUT2D eigenvalue weighted by atomic mass is 9.88. The van der Waals surface area contributed by atoms with Gasteiger partial charge in [-0.1, -0.05) is 20.8 Å². The summed E-state index contributed by atoms with van der Waals surface area (Å²) in [7, 11) is 1.69. The number of nitrogens with zero attached hydrogens (tertiary/aromatic N) is 1. The van der Waals surface area contributed by atoms with Gasteiger partial charge in [-0.05, 0) is 18.3 Å². The van der Waals surface area contributed by atoms with Crippen LogP contribution < -0.4 is 5.73 Å². The molecule has 1 unspecified atom stereocenters. The fourth-order valence-electron chi connectivity index (χ4n) is 1.40. The average molecular weight is 184 g/mol. The van der Waals surface area contributed by atoms with Gasteiger partial charge in [0, 0.05) is 7.11 Å². The number of methoxy groups -OCH3 is 1. The topological polar surface area (TPSA) is 47.6 Å². The van der Waals surface area contributed by atoms with E-state index in [1.165, 1.54) is 12.8 Å². The zero-order chi connectivity index (χ0) is 10.1. The molecule has 3 heteroatoms. The van der Waals surface area contributed by atoms with Crippen LogP contribution in [0.3, 0.4) is 0 Å². The van der Waals surface area contributed by atoms with E-state index in [4.69, 9.17) is 10.5 Å². The molecule has 1 rings (SSSR count). The standard InChI is InChI=1S/C10H20N2O/c1-10(2,3)8(13-4)9(11)12-7-5-6-7/h7-8H,5-6H2,1-4H3,(H2,11,12). The maximum atomic E-state index is 5.88. The Morgan fingerprint density at radius 1 is 1.46 bits per heavy atom. The normalized spacial score (nSPS) is 21.7. The van der Waals surface area contributed by atoms with E-state index in [2.05, 4.69) is 25.8 Å². The molecule has 0 aromatic heterocycles. The minimum Gasteiger partial charge on any atom is -0.385 e. The summed E-state index contributed by atoms with van der Waals surface area (Å²) in [5.41, 5.74) is 5.91. The molecule has 1 aliphatic rings. The van der Waals surface area contributed by atoms with Crippen molar-refractivity contribution in [2.24, 2.45) is 16.1 Å². The fourth-order valence-corrected chi connectivity index (χ4v) is 1.40. The molecule has 1 aliphatic carbocycles. The van der Waals surface area contributed by atoms with Gasteiger partial charge in [-0.3, -0.25) is 4.99 Å². The third-order valence-electron chi connectivity index (χ3n) is 2.17. The van der Waals surface area contributed by atoms with Gasteiger partial charge in [0.05, 0.1) is 6.04 Å². The van der Waals surface area contributed by atoms with E-state index < -0.39 is 0 Å². The van der Waals surface area contributed by atoms with Crippen molar-refractivity contribution in [1.82, 2.24) is 0 Å². The van der Waals surface area contributed by atoms with E-state index in [0.717, 1.165) is 0 Å². The van der Waals surface area contributed by atoms with Crippen LogP contribution in [0.15, 0.2) is 4.99 Å². The highest BCUT2D eigenvalue weighted by Crippen LogP contribution is 2.26. The van der Waals surface area contributed by atoms with Crippen LogP contribution in [-0.4, -0.2) is 25.1 Å². The van der Waals surface area contributed by atoms with E-state index in [-0.39, 0.29) is 11.5 Å². The van der Waals surface area contributed by atoms with Gasteiger partial charge in [-0.15, -0.1) is 0 Å². The number of aliphatic imine (C=N–C) groups is 1. The highest BCUT2D eigenvalue weighted by Gasteiger charge is 2.30. The summed E-state index contributed by atoms with van der Waals surface area (Å²) >= 11 is 0. The number of ether oxygens (including phenoxy) is 1. The smallest absolute Gasteiger partial charge is 0.124 e. The third kappa shape index (κ3) is 2.99. The van der Waals surface area contributed by atoms with Crippen LogP contribution >= 0.6 is 0 Å². The molecule has 0 radical (unpaired) electrons. The van der Waals surface area contributed by atoms with Gasteiger partial charge in [0.2, 0.25) is 0 Å². The molecule has 0 amide bonds. The van der Waals surface area contributed by atoms with Crippen molar-refractivity contribution in [3.05, 3.63) is 0 Å². The number of hydrogen-bond donors (Lipinski definition) is 1. The number of hydrogen-bond acceptors (Lipinski definition) is 2. The summed E-state index contributed by atoms with van der Waals surface area (Å²) < 4.78 is 5.35. The Bertz CT molecular complexity index is 201. The van der Waals surface area contributed by atoms with Crippen LogP contribution in [0, 0.1) is 5.41 Å². The van der Waals surface area contributed by atoms with Crippen LogP contribution in [0.2, 0.25) is 0 Å². The SMILES string of the molecule is COC(C(N)=NC1CC1)C(C)(C)C. The van der Waals surface area contributed by atoms with Crippen molar-refractivity contribution in [1.29, 1.82) is 0 Å². The Kier molecular flexibility index (Phi) is 2.96. The van der Waals surface area contributed by atoms with Gasteiger partial charge >= 0.3 is 0 Å². The van der Waals surface area contributed by atoms with E-state index in [1.54, 1.807) is 7.11 Å². The minimum atomic E-state index is -0.0619. The third-order valence-corrected chi connectivity index (χ3v) is 2.17. The molecule has 3 nitrogen and oxygen atoms in total. The van der Waals surface area contributed by atoms with Gasteiger partial charge in [0.25, 0.3) is 0 Å². The summed E-state index contributed by atoms with van der Waals surface area (Å²) in [6, 6.07) is 0.472. The van der Waals surface area contributed by atoms with Crippen LogP contribution in [0.4, 0.5) is 0 Å². The molecule has 0 aromatic carbocycles. The van der Waals surface area contributed by atoms with E-state index in [0.29, 0.717) is 11.9 Å². The Hall–Kier alpha value is -0.570. The summed E-state index contributed by atoms with van der Waals surface area (Å²) in [6.07, 6.45) is 2.30. The van der Waals surface area contributed by atoms with Crippen LogP contribution in [-0.2, 0) is 4.74 Å². The van der Waals surface area contributed by atoms with Gasteiger partial charge in [0.1, 0.15) is 11.9 Å². The summed E-state index contributed by atoms with van der Waals surface area (Å²) in [6.45, 7) is 6.32. The first-order valence-electron chi connectivity index (χ1n) is 4.81. The molecule has 0 bridgehead atoms. The highest BCUT2D eigenvalue weighted by molar-refractivity contribution is 5.86. The molecule has 1 fully saturated rings. The Morgan fingerprint density at radius 2 is 2.00 bits per heavy atom. The minimum absolute atomic E-state index is 0.0250. The lowest BCUT2D eigenvalue weighted by Crippen LogP contribution is -2.41. The maximum absolute atomic E-state index is 5.88. The maximum Gasteiger partial charge on any atom is 0.124 e. The molecule has 0 saturated heterocycles. The van der Waals surface area contributed by atoms with Crippen LogP contribution in [0.1, 0.15) is 33.6 Å². The van der Waals surface area contributed by atoms with Crippen molar-refractivity contribution in [3.63, 3.8) is 0 Å². The predicted molar refractivity (Wildman–Crippen MR) is 54.9 cm³/mol. The number of amidine groups is 1. The van der Waals surface area contributed by atoms with Crippen molar-refractivity contribution >= 4 is 5.84 Å². The molecular weight excluding hydrogens is 164 g/mol. The largest absolute Gasteiger partial charge is 0.385 e. The Balaban J connectivity index is 2.64. The number of nitrogens with two attached hydrogens (primary N) is 1. The van der Waals surface area contributed by atoms with Crippen molar-refractivity contribution in [3.8, 4) is 0 Å². The Morgan fingerprint density at radius 3 is 2.31 bits per heavy atom. The second-order valence-corrected chi connectivity index (χ2v) is 4.77. The lowest BCUT2D eigenvalue weighted by molar-refractivity contribution is 0.0672. The first-order chi connectivity index (χ1) is 5.95. The molecule has 76 valence electrons. The van der Waals surface area contributed by atoms with Gasteiger partial charge in [-0.25, -0.2) is 0 Å². The van der Waals surface area contributed by atoms with Crippen LogP contribution in [0.5, 0.6) is 0 Å². The molecule has 0 aliphatic heterocycles. The fraction of sp³-hybridized carbons (Fsp3) is 0.900. The number of rotatable bonds is 3. The molecule has 0 heterocycles. The summed E-state index contributed by atoms with van der Waals surface area (Å²) in [5, 5.41) is 0. The van der Waals surface area contributed by atoms with E-state index >= 15 is 0 Å². The van der Waals surface area contributed by atoms with Crippen molar-refractivity contribution in [2.75, 3.05) is 7.11 Å². The first kappa shape index (κ1) is 10.5. The zero-order valence-electron chi connectivity index (χ0n) is 9.00. The van der Waals surface area contributed by atoms with Crippen LogP contribution in [0.25, 0.3) is 0 Å². The van der Waals surface area contributed by atoms with Crippen molar-refractivity contribution < 1.29 is 4.74 Å². The molecule has 1 saturated carbocycles. The van der Waals surface area contributed by atoms with Gasteiger partial charge in [-0.2, -0.15) is 0 Å². The molecule has 2 N–H and O–H groups in total. The van der Waals surface area contributed by atoms with Crippen molar-refractivity contribution in [2.45, 2.75) is 45.8 Å². The summed E-state index contributed by atoms with van der Waals surface area (Å²) in [4.78, 5) is 4.40. The summed E-state index contributed by atoms with van der Waals surface area (Å²) in [5.74, 6) is 0.650. The van der Waals surface area contributed by atoms with E-state index in [9.17, 15) is 0 Å². The average Bonchev–Trinajstić information content (AvgIpc) is 2.69. The molecular formula is C10H20N2O. The second kappa shape index (κ2) is 3.66. The molecule has 1 atom stereocenters. The lowest BCUT2D eigenvalue weighted by Gasteiger charge is -2.28. The Labute approximate surface area is 80.4 Å². The van der Waals surface area contributed by atoms with E-state index in [1.807, 2.05) is 0 Å².